The predicted octanol–water partition coefficient (Wildman–Crippen LogP) is 3.73. The Bertz CT molecular complexity index is 1080. The summed E-state index contributed by atoms with van der Waals surface area (Å²) >= 11 is 3.45. The summed E-state index contributed by atoms with van der Waals surface area (Å²) in [5.74, 6) is 0.0169. The van der Waals surface area contributed by atoms with Crippen LogP contribution in [0, 0.1) is 0 Å². The van der Waals surface area contributed by atoms with Crippen LogP contribution in [0.4, 0.5) is 0 Å². The van der Waals surface area contributed by atoms with Gasteiger partial charge in [0.1, 0.15) is 0 Å². The van der Waals surface area contributed by atoms with Crippen LogP contribution in [0.2, 0.25) is 0 Å². The van der Waals surface area contributed by atoms with E-state index in [-0.39, 0.29) is 20.5 Å². The van der Waals surface area contributed by atoms with Gasteiger partial charge in [0, 0.05) is 0 Å². The number of aliphatic hydroxyl groups is 1. The van der Waals surface area contributed by atoms with Crippen LogP contribution in [-0.4, -0.2) is 25.6 Å². The van der Waals surface area contributed by atoms with Crippen molar-refractivity contribution in [1.29, 1.82) is 0 Å². The molecule has 0 aliphatic carbocycles. The van der Waals surface area contributed by atoms with Crippen molar-refractivity contribution in [2.75, 3.05) is 0 Å². The number of halogens is 1. The van der Waals surface area contributed by atoms with Crippen LogP contribution in [0.1, 0.15) is 33.0 Å². The van der Waals surface area contributed by atoms with Gasteiger partial charge < -0.3 is 0 Å². The number of rotatable bonds is 4. The van der Waals surface area contributed by atoms with Crippen LogP contribution in [0.5, 0.6) is 0 Å². The van der Waals surface area contributed by atoms with Crippen LogP contribution in [0.15, 0.2) is 83.3 Å². The first-order chi connectivity index (χ1) is 13.0. The van der Waals surface area contributed by atoms with E-state index in [1.54, 1.807) is 6.92 Å². The van der Waals surface area contributed by atoms with Crippen LogP contribution < -0.4 is 3.40 Å². The number of carbonyl (C=O) groups is 1. The molecule has 0 saturated heterocycles. The molecule has 2 aromatic carbocycles. The Morgan fingerprint density at radius 2 is 1.48 bits per heavy atom. The molecule has 0 fully saturated rings. The molecule has 1 N–H and O–H groups in total. The van der Waals surface area contributed by atoms with E-state index in [2.05, 4.69) is 15.9 Å². The second-order valence-corrected chi connectivity index (χ2v) is 9.12. The SMILES string of the molecule is CC(=O)c1cccc2c(Br)c(C(O)(c3ccccc3)c3ccccc3)[se][n+]12. The van der Waals surface area contributed by atoms with Gasteiger partial charge in [-0.1, -0.05) is 0 Å². The predicted molar refractivity (Wildman–Crippen MR) is 109 cm³/mol. The third-order valence-electron chi connectivity index (χ3n) is 4.63. The van der Waals surface area contributed by atoms with Gasteiger partial charge in [-0.3, -0.25) is 0 Å². The zero-order valence-electron chi connectivity index (χ0n) is 14.6. The van der Waals surface area contributed by atoms with Crippen LogP contribution in [0.25, 0.3) is 5.52 Å². The molecule has 27 heavy (non-hydrogen) atoms. The summed E-state index contributed by atoms with van der Waals surface area (Å²) in [6, 6.07) is 25.1. The number of ketones is 1. The van der Waals surface area contributed by atoms with Crippen molar-refractivity contribution < 1.29 is 13.3 Å². The zero-order chi connectivity index (χ0) is 19.0. The molecule has 0 unspecified atom stereocenters. The molecular weight excluding hydrogens is 469 g/mol. The van der Waals surface area contributed by atoms with E-state index >= 15 is 0 Å². The standard InChI is InChI=1S/C22H17BrNO2Se/c1-15(25)18-13-8-14-19-20(23)21(27-24(18)19)22(26,16-9-4-2-5-10-16)17-11-6-3-7-12-17/h2-14,26H,1H3/q+1. The molecule has 4 rings (SSSR count). The van der Waals surface area contributed by atoms with E-state index in [4.69, 9.17) is 0 Å². The number of pyridine rings is 1. The molecule has 0 saturated carbocycles. The number of hydrogen-bond donors (Lipinski definition) is 1. The van der Waals surface area contributed by atoms with Gasteiger partial charge in [-0.2, -0.15) is 0 Å². The van der Waals surface area contributed by atoms with Crippen molar-refractivity contribution in [1.82, 2.24) is 0 Å². The molecule has 0 amide bonds. The molecule has 2 aromatic heterocycles. The molecule has 0 radical (unpaired) electrons. The van der Waals surface area contributed by atoms with E-state index in [0.29, 0.717) is 5.69 Å². The molecule has 0 atom stereocenters. The van der Waals surface area contributed by atoms with E-state index in [1.165, 1.54) is 0 Å². The average Bonchev–Trinajstić information content (AvgIpc) is 3.06. The van der Waals surface area contributed by atoms with Crippen LogP contribution in [0.3, 0.4) is 0 Å². The second-order valence-electron chi connectivity index (χ2n) is 6.32. The molecule has 0 spiro atoms. The number of benzene rings is 2. The van der Waals surface area contributed by atoms with Gasteiger partial charge in [-0.05, 0) is 0 Å². The number of hydrogen-bond acceptors (Lipinski definition) is 2. The van der Waals surface area contributed by atoms with Gasteiger partial charge in [0.25, 0.3) is 0 Å². The van der Waals surface area contributed by atoms with E-state index < -0.39 is 5.60 Å². The average molecular weight is 486 g/mol. The molecule has 0 bridgehead atoms. The summed E-state index contributed by atoms with van der Waals surface area (Å²) in [4.78, 5) is 12.1. The van der Waals surface area contributed by atoms with E-state index in [0.717, 1.165) is 25.6 Å². The second kappa shape index (κ2) is 7.17. The minimum atomic E-state index is -1.28. The maximum absolute atomic E-state index is 12.1. The van der Waals surface area contributed by atoms with Crippen molar-refractivity contribution in [3.8, 4) is 0 Å². The third-order valence-corrected chi connectivity index (χ3v) is 8.66. The van der Waals surface area contributed by atoms with Crippen molar-refractivity contribution in [3.63, 3.8) is 0 Å². The number of aromatic nitrogens is 1. The summed E-state index contributed by atoms with van der Waals surface area (Å²) < 4.78 is 3.74. The molecule has 5 heteroatoms. The summed E-state index contributed by atoms with van der Waals surface area (Å²) in [6.07, 6.45) is 0. The van der Waals surface area contributed by atoms with Gasteiger partial charge >= 0.3 is 172 Å². The summed E-state index contributed by atoms with van der Waals surface area (Å²) in [6.45, 7) is 1.57. The van der Waals surface area contributed by atoms with Crippen LogP contribution >= 0.6 is 15.9 Å². The molecule has 4 aromatic rings. The number of fused-ring (bicyclic) bond motifs is 1. The number of carbonyl (C=O) groups excluding carboxylic acids is 1. The number of nitrogens with zero attached hydrogens (tertiary/aromatic N) is 1. The fraction of sp³-hybridized carbons (Fsp3) is 0.0909. The molecular formula is C22H17BrNO2Se+. The Hall–Kier alpha value is -2.04. The Balaban J connectivity index is 2.07. The fourth-order valence-corrected chi connectivity index (χ4v) is 7.18. The minimum absolute atomic E-state index is 0.0169. The van der Waals surface area contributed by atoms with Crippen molar-refractivity contribution in [3.05, 3.63) is 105 Å². The fourth-order valence-electron chi connectivity index (χ4n) is 3.28. The zero-order valence-corrected chi connectivity index (χ0v) is 17.9. The van der Waals surface area contributed by atoms with Gasteiger partial charge in [0.05, 0.1) is 0 Å². The first kappa shape index (κ1) is 18.3. The Morgan fingerprint density at radius 3 is 2.00 bits per heavy atom. The van der Waals surface area contributed by atoms with Crippen LogP contribution in [-0.2, 0) is 5.60 Å². The quantitative estimate of drug-likeness (QED) is 0.353. The Morgan fingerprint density at radius 1 is 0.926 bits per heavy atom. The van der Waals surface area contributed by atoms with Gasteiger partial charge in [0.15, 0.2) is 0 Å². The van der Waals surface area contributed by atoms with Crippen molar-refractivity contribution >= 4 is 42.0 Å². The first-order valence-electron chi connectivity index (χ1n) is 8.52. The summed E-state index contributed by atoms with van der Waals surface area (Å²) in [7, 11) is 0. The molecule has 134 valence electrons. The van der Waals surface area contributed by atoms with Gasteiger partial charge in [-0.25, -0.2) is 0 Å². The third kappa shape index (κ3) is 3.01. The van der Waals surface area contributed by atoms with Gasteiger partial charge in [-0.15, -0.1) is 0 Å². The summed E-state index contributed by atoms with van der Waals surface area (Å²) in [5, 5.41) is 12.1. The normalized spacial score (nSPS) is 11.7. The summed E-state index contributed by atoms with van der Waals surface area (Å²) in [5.41, 5.74) is 1.91. The Kier molecular flexibility index (Phi) is 4.87. The maximum atomic E-state index is 12.1. The van der Waals surface area contributed by atoms with Gasteiger partial charge in [0.2, 0.25) is 0 Å². The van der Waals surface area contributed by atoms with E-state index in [1.807, 2.05) is 82.3 Å². The molecule has 0 aliphatic rings. The molecule has 2 heterocycles. The topological polar surface area (TPSA) is 41.4 Å². The number of Topliss-reactive ketones (excluding diaryl/α,β-unsaturated/α-hetero) is 1. The Labute approximate surface area is 172 Å². The molecule has 3 nitrogen and oxygen atoms in total. The van der Waals surface area contributed by atoms with Crippen molar-refractivity contribution in [2.45, 2.75) is 12.5 Å². The van der Waals surface area contributed by atoms with E-state index in [9.17, 15) is 9.90 Å². The monoisotopic (exact) mass is 486 g/mol. The first-order valence-corrected chi connectivity index (χ1v) is 10.9. The van der Waals surface area contributed by atoms with Crippen molar-refractivity contribution in [2.24, 2.45) is 0 Å². The molecule has 0 aliphatic heterocycles.